The standard InChI is InChI=1S/C12H11BrF2O3S/c13-8-1-2-9(14)11(12(8)15)10(16)5-7-3-4-19(17,18)6-7/h1-2,7H,3-6H2. The molecule has 1 saturated heterocycles. The number of carbonyl (C=O) groups is 1. The number of Topliss-reactive ketones (excluding diaryl/α,β-unsaturated/α-hetero) is 1. The summed E-state index contributed by atoms with van der Waals surface area (Å²) in [4.78, 5) is 11.9. The van der Waals surface area contributed by atoms with Gasteiger partial charge in [0.25, 0.3) is 0 Å². The zero-order valence-corrected chi connectivity index (χ0v) is 12.2. The quantitative estimate of drug-likeness (QED) is 0.620. The second kappa shape index (κ2) is 5.28. The number of carbonyl (C=O) groups excluding carboxylic acids is 1. The van der Waals surface area contributed by atoms with E-state index in [2.05, 4.69) is 15.9 Å². The topological polar surface area (TPSA) is 51.2 Å². The summed E-state index contributed by atoms with van der Waals surface area (Å²) in [6, 6.07) is 2.19. The molecule has 0 bridgehead atoms. The average Bonchev–Trinajstić information content (AvgIpc) is 2.64. The number of halogens is 3. The summed E-state index contributed by atoms with van der Waals surface area (Å²) >= 11 is 2.89. The average molecular weight is 353 g/mol. The van der Waals surface area contributed by atoms with Gasteiger partial charge in [0.15, 0.2) is 21.4 Å². The van der Waals surface area contributed by atoms with E-state index in [0.29, 0.717) is 6.42 Å². The van der Waals surface area contributed by atoms with Gasteiger partial charge in [-0.3, -0.25) is 4.79 Å². The van der Waals surface area contributed by atoms with E-state index in [-0.39, 0.29) is 28.3 Å². The van der Waals surface area contributed by atoms with Gasteiger partial charge in [0.2, 0.25) is 0 Å². The lowest BCUT2D eigenvalue weighted by Gasteiger charge is -2.09. The molecule has 1 fully saturated rings. The van der Waals surface area contributed by atoms with Gasteiger partial charge in [-0.05, 0) is 40.4 Å². The SMILES string of the molecule is O=C(CC1CCS(=O)(=O)C1)c1c(F)ccc(Br)c1F. The number of benzene rings is 1. The molecule has 0 amide bonds. The van der Waals surface area contributed by atoms with Gasteiger partial charge in [-0.1, -0.05) is 0 Å². The number of ketones is 1. The Morgan fingerprint density at radius 2 is 2.05 bits per heavy atom. The predicted octanol–water partition coefficient (Wildman–Crippen LogP) is 2.73. The summed E-state index contributed by atoms with van der Waals surface area (Å²) in [5.74, 6) is -2.96. The molecule has 19 heavy (non-hydrogen) atoms. The van der Waals surface area contributed by atoms with Crippen LogP contribution in [0.15, 0.2) is 16.6 Å². The Labute approximate surface area is 118 Å². The first-order chi connectivity index (χ1) is 8.80. The Morgan fingerprint density at radius 1 is 1.37 bits per heavy atom. The normalized spacial score (nSPS) is 21.5. The first-order valence-electron chi connectivity index (χ1n) is 5.67. The van der Waals surface area contributed by atoms with Crippen molar-refractivity contribution in [2.75, 3.05) is 11.5 Å². The van der Waals surface area contributed by atoms with Crippen molar-refractivity contribution in [2.24, 2.45) is 5.92 Å². The molecule has 1 heterocycles. The maximum Gasteiger partial charge on any atom is 0.169 e. The fourth-order valence-corrected chi connectivity index (χ4v) is 4.37. The van der Waals surface area contributed by atoms with E-state index in [9.17, 15) is 22.0 Å². The van der Waals surface area contributed by atoms with E-state index in [1.54, 1.807) is 0 Å². The molecule has 1 aliphatic rings. The van der Waals surface area contributed by atoms with Crippen LogP contribution in [0.4, 0.5) is 8.78 Å². The summed E-state index contributed by atoms with van der Waals surface area (Å²) in [7, 11) is -3.10. The van der Waals surface area contributed by atoms with Gasteiger partial charge in [0.1, 0.15) is 5.82 Å². The van der Waals surface area contributed by atoms with Crippen molar-refractivity contribution in [1.82, 2.24) is 0 Å². The Balaban J connectivity index is 2.20. The largest absolute Gasteiger partial charge is 0.294 e. The fourth-order valence-electron chi connectivity index (χ4n) is 2.18. The van der Waals surface area contributed by atoms with Gasteiger partial charge in [0.05, 0.1) is 21.5 Å². The number of sulfone groups is 1. The highest BCUT2D eigenvalue weighted by molar-refractivity contribution is 9.10. The third-order valence-electron chi connectivity index (χ3n) is 3.12. The van der Waals surface area contributed by atoms with Gasteiger partial charge < -0.3 is 0 Å². The second-order valence-corrected chi connectivity index (χ2v) is 7.70. The minimum Gasteiger partial charge on any atom is -0.294 e. The molecule has 1 unspecified atom stereocenters. The van der Waals surface area contributed by atoms with Crippen LogP contribution in [-0.2, 0) is 9.84 Å². The van der Waals surface area contributed by atoms with Crippen molar-refractivity contribution < 1.29 is 22.0 Å². The molecule has 1 aliphatic heterocycles. The maximum atomic E-state index is 13.7. The van der Waals surface area contributed by atoms with Crippen LogP contribution in [0, 0.1) is 17.6 Å². The van der Waals surface area contributed by atoms with Gasteiger partial charge in [-0.15, -0.1) is 0 Å². The summed E-state index contributed by atoms with van der Waals surface area (Å²) in [6.07, 6.45) is 0.217. The van der Waals surface area contributed by atoms with Crippen LogP contribution in [0.25, 0.3) is 0 Å². The molecule has 0 N–H and O–H groups in total. The molecular formula is C12H11BrF2O3S. The lowest BCUT2D eigenvalue weighted by molar-refractivity contribution is 0.0957. The summed E-state index contributed by atoms with van der Waals surface area (Å²) in [5.41, 5.74) is -0.598. The van der Waals surface area contributed by atoms with E-state index < -0.39 is 32.8 Å². The third kappa shape index (κ3) is 3.20. The molecule has 0 aromatic heterocycles. The first kappa shape index (κ1) is 14.6. The van der Waals surface area contributed by atoms with Crippen LogP contribution < -0.4 is 0 Å². The summed E-state index contributed by atoms with van der Waals surface area (Å²) in [6.45, 7) is 0. The molecule has 7 heteroatoms. The number of hydrogen-bond donors (Lipinski definition) is 0. The van der Waals surface area contributed by atoms with E-state index in [1.165, 1.54) is 6.07 Å². The molecule has 1 aromatic carbocycles. The van der Waals surface area contributed by atoms with Gasteiger partial charge in [-0.25, -0.2) is 17.2 Å². The van der Waals surface area contributed by atoms with E-state index in [4.69, 9.17) is 0 Å². The Bertz CT molecular complexity index is 628. The van der Waals surface area contributed by atoms with Crippen LogP contribution in [0.3, 0.4) is 0 Å². The molecule has 3 nitrogen and oxygen atoms in total. The molecule has 104 valence electrons. The maximum absolute atomic E-state index is 13.7. The molecule has 2 rings (SSSR count). The third-order valence-corrected chi connectivity index (χ3v) is 5.57. The Kier molecular flexibility index (Phi) is 4.06. The highest BCUT2D eigenvalue weighted by Gasteiger charge is 2.31. The highest BCUT2D eigenvalue weighted by Crippen LogP contribution is 2.27. The Morgan fingerprint density at radius 3 is 2.63 bits per heavy atom. The van der Waals surface area contributed by atoms with Crippen molar-refractivity contribution in [3.05, 3.63) is 33.8 Å². The predicted molar refractivity (Wildman–Crippen MR) is 69.8 cm³/mol. The summed E-state index contributed by atoms with van der Waals surface area (Å²) < 4.78 is 49.8. The van der Waals surface area contributed by atoms with Crippen molar-refractivity contribution in [3.63, 3.8) is 0 Å². The molecular weight excluding hydrogens is 342 g/mol. The Hall–Kier alpha value is -0.820. The van der Waals surface area contributed by atoms with Crippen molar-refractivity contribution >= 4 is 31.6 Å². The lowest BCUT2D eigenvalue weighted by atomic mass is 9.97. The zero-order chi connectivity index (χ0) is 14.2. The molecule has 1 atom stereocenters. The van der Waals surface area contributed by atoms with Crippen molar-refractivity contribution in [3.8, 4) is 0 Å². The zero-order valence-electron chi connectivity index (χ0n) is 9.83. The number of hydrogen-bond acceptors (Lipinski definition) is 3. The fraction of sp³-hybridized carbons (Fsp3) is 0.417. The molecule has 0 spiro atoms. The van der Waals surface area contributed by atoms with Crippen molar-refractivity contribution in [1.29, 1.82) is 0 Å². The lowest BCUT2D eigenvalue weighted by Crippen LogP contribution is -2.13. The highest BCUT2D eigenvalue weighted by atomic mass is 79.9. The smallest absolute Gasteiger partial charge is 0.169 e. The molecule has 0 radical (unpaired) electrons. The van der Waals surface area contributed by atoms with Gasteiger partial charge in [0, 0.05) is 6.42 Å². The second-order valence-electron chi connectivity index (χ2n) is 4.61. The van der Waals surface area contributed by atoms with Crippen LogP contribution >= 0.6 is 15.9 Å². The van der Waals surface area contributed by atoms with Crippen LogP contribution in [0.1, 0.15) is 23.2 Å². The van der Waals surface area contributed by atoms with Gasteiger partial charge in [-0.2, -0.15) is 0 Å². The number of rotatable bonds is 3. The molecule has 0 aliphatic carbocycles. The monoisotopic (exact) mass is 352 g/mol. The van der Waals surface area contributed by atoms with Crippen LogP contribution in [-0.4, -0.2) is 25.7 Å². The summed E-state index contributed by atoms with van der Waals surface area (Å²) in [5, 5.41) is 0. The van der Waals surface area contributed by atoms with Crippen LogP contribution in [0.5, 0.6) is 0 Å². The van der Waals surface area contributed by atoms with E-state index in [0.717, 1.165) is 6.07 Å². The van der Waals surface area contributed by atoms with Gasteiger partial charge >= 0.3 is 0 Å². The van der Waals surface area contributed by atoms with E-state index >= 15 is 0 Å². The minimum absolute atomic E-state index is 0.0105. The first-order valence-corrected chi connectivity index (χ1v) is 8.29. The molecule has 0 saturated carbocycles. The minimum atomic E-state index is -3.10. The molecule has 1 aromatic rings. The van der Waals surface area contributed by atoms with Crippen LogP contribution in [0.2, 0.25) is 0 Å². The van der Waals surface area contributed by atoms with Crippen molar-refractivity contribution in [2.45, 2.75) is 12.8 Å². The van der Waals surface area contributed by atoms with E-state index in [1.807, 2.05) is 0 Å².